The first-order valence-electron chi connectivity index (χ1n) is 8.45. The zero-order chi connectivity index (χ0) is 18.5. The molecule has 2 aromatic carbocycles. The first-order chi connectivity index (χ1) is 12.6. The highest BCUT2D eigenvalue weighted by molar-refractivity contribution is 5.97. The topological polar surface area (TPSA) is 76.7 Å². The molecule has 26 heavy (non-hydrogen) atoms. The van der Waals surface area contributed by atoms with E-state index in [-0.39, 0.29) is 11.8 Å². The molecule has 1 aliphatic rings. The van der Waals surface area contributed by atoms with Crippen molar-refractivity contribution < 1.29 is 19.1 Å². The van der Waals surface area contributed by atoms with Gasteiger partial charge in [0, 0.05) is 12.8 Å². The first kappa shape index (κ1) is 17.8. The van der Waals surface area contributed by atoms with Gasteiger partial charge in [0.05, 0.1) is 14.2 Å². The number of hydrogen-bond acceptors (Lipinski definition) is 4. The standard InChI is InChI=1S/C20H22N2O4/c1-25-15-7-3-13(4-8-15)11-17-19(23)22-18(20(24)21-17)12-14-5-9-16(26-2)10-6-14/h3-10,17-18H,11-12H2,1-2H3,(H,21,24)(H,22,23)/t17-,18-/m0/s1. The molecule has 1 aliphatic heterocycles. The van der Waals surface area contributed by atoms with Crippen LogP contribution in [0.2, 0.25) is 0 Å². The van der Waals surface area contributed by atoms with Crippen LogP contribution in [0.25, 0.3) is 0 Å². The van der Waals surface area contributed by atoms with Crippen molar-refractivity contribution in [2.75, 3.05) is 14.2 Å². The van der Waals surface area contributed by atoms with Gasteiger partial charge in [-0.05, 0) is 35.4 Å². The van der Waals surface area contributed by atoms with Gasteiger partial charge >= 0.3 is 0 Å². The average Bonchev–Trinajstić information content (AvgIpc) is 2.67. The van der Waals surface area contributed by atoms with E-state index < -0.39 is 12.1 Å². The number of ether oxygens (including phenoxy) is 2. The Morgan fingerprint density at radius 1 is 0.692 bits per heavy atom. The van der Waals surface area contributed by atoms with Gasteiger partial charge in [0.15, 0.2) is 0 Å². The van der Waals surface area contributed by atoms with Crippen LogP contribution in [0.15, 0.2) is 48.5 Å². The molecule has 2 atom stereocenters. The molecule has 6 heteroatoms. The van der Waals surface area contributed by atoms with Crippen LogP contribution < -0.4 is 20.1 Å². The predicted octanol–water partition coefficient (Wildman–Crippen LogP) is 1.47. The minimum atomic E-state index is -0.567. The Kier molecular flexibility index (Phi) is 5.41. The summed E-state index contributed by atoms with van der Waals surface area (Å²) in [6.07, 6.45) is 0.883. The second-order valence-corrected chi connectivity index (χ2v) is 6.23. The fourth-order valence-electron chi connectivity index (χ4n) is 2.96. The highest BCUT2D eigenvalue weighted by Gasteiger charge is 2.33. The van der Waals surface area contributed by atoms with Crippen molar-refractivity contribution in [3.63, 3.8) is 0 Å². The van der Waals surface area contributed by atoms with Crippen LogP contribution in [0.4, 0.5) is 0 Å². The third-order valence-electron chi connectivity index (χ3n) is 4.46. The zero-order valence-corrected chi connectivity index (χ0v) is 14.8. The minimum Gasteiger partial charge on any atom is -0.497 e. The normalized spacial score (nSPS) is 19.5. The summed E-state index contributed by atoms with van der Waals surface area (Å²) in [5, 5.41) is 5.66. The fourth-order valence-corrected chi connectivity index (χ4v) is 2.96. The van der Waals surface area contributed by atoms with E-state index in [2.05, 4.69) is 10.6 Å². The predicted molar refractivity (Wildman–Crippen MR) is 97.3 cm³/mol. The minimum absolute atomic E-state index is 0.168. The second kappa shape index (κ2) is 7.91. The van der Waals surface area contributed by atoms with Gasteiger partial charge in [-0.1, -0.05) is 24.3 Å². The molecule has 0 saturated carbocycles. The molecular weight excluding hydrogens is 332 g/mol. The summed E-state index contributed by atoms with van der Waals surface area (Å²) < 4.78 is 10.3. The average molecular weight is 354 g/mol. The van der Waals surface area contributed by atoms with Gasteiger partial charge in [0.1, 0.15) is 23.6 Å². The molecule has 136 valence electrons. The van der Waals surface area contributed by atoms with Crippen LogP contribution in [-0.2, 0) is 22.4 Å². The lowest BCUT2D eigenvalue weighted by Crippen LogP contribution is -2.62. The molecule has 2 N–H and O–H groups in total. The molecule has 6 nitrogen and oxygen atoms in total. The van der Waals surface area contributed by atoms with Crippen molar-refractivity contribution in [2.45, 2.75) is 24.9 Å². The van der Waals surface area contributed by atoms with Crippen molar-refractivity contribution in [1.82, 2.24) is 10.6 Å². The number of carbonyl (C=O) groups excluding carboxylic acids is 2. The van der Waals surface area contributed by atoms with E-state index in [0.29, 0.717) is 12.8 Å². The smallest absolute Gasteiger partial charge is 0.243 e. The van der Waals surface area contributed by atoms with E-state index in [0.717, 1.165) is 22.6 Å². The van der Waals surface area contributed by atoms with Gasteiger partial charge < -0.3 is 20.1 Å². The molecule has 1 fully saturated rings. The van der Waals surface area contributed by atoms with Crippen LogP contribution in [0, 0.1) is 0 Å². The van der Waals surface area contributed by atoms with Crippen LogP contribution in [0.5, 0.6) is 11.5 Å². The zero-order valence-electron chi connectivity index (χ0n) is 14.8. The SMILES string of the molecule is COc1ccc(C[C@@H]2NC(=O)[C@H](Cc3ccc(OC)cc3)NC2=O)cc1. The van der Waals surface area contributed by atoms with E-state index in [4.69, 9.17) is 9.47 Å². The van der Waals surface area contributed by atoms with E-state index in [9.17, 15) is 9.59 Å². The van der Waals surface area contributed by atoms with Crippen LogP contribution in [0.1, 0.15) is 11.1 Å². The summed E-state index contributed by atoms with van der Waals surface area (Å²) in [4.78, 5) is 24.8. The van der Waals surface area contributed by atoms with E-state index in [1.54, 1.807) is 14.2 Å². The van der Waals surface area contributed by atoms with Crippen molar-refractivity contribution >= 4 is 11.8 Å². The van der Waals surface area contributed by atoms with Gasteiger partial charge in [0.2, 0.25) is 11.8 Å². The highest BCUT2D eigenvalue weighted by atomic mass is 16.5. The summed E-state index contributed by atoms with van der Waals surface area (Å²) in [5.74, 6) is 1.17. The van der Waals surface area contributed by atoms with Gasteiger partial charge in [-0.3, -0.25) is 9.59 Å². The Morgan fingerprint density at radius 3 is 1.35 bits per heavy atom. The summed E-state index contributed by atoms with van der Waals surface area (Å²) in [5.41, 5.74) is 1.92. The number of rotatable bonds is 6. The molecule has 0 aliphatic carbocycles. The van der Waals surface area contributed by atoms with Gasteiger partial charge in [0.25, 0.3) is 0 Å². The quantitative estimate of drug-likeness (QED) is 0.824. The number of amides is 2. The van der Waals surface area contributed by atoms with E-state index in [1.807, 2.05) is 48.5 Å². The Bertz CT molecular complexity index is 704. The molecule has 0 bridgehead atoms. The van der Waals surface area contributed by atoms with Crippen molar-refractivity contribution in [3.8, 4) is 11.5 Å². The molecule has 3 rings (SSSR count). The largest absolute Gasteiger partial charge is 0.497 e. The summed E-state index contributed by atoms with van der Waals surface area (Å²) in [6, 6.07) is 13.8. The van der Waals surface area contributed by atoms with Crippen molar-refractivity contribution in [1.29, 1.82) is 0 Å². The Balaban J connectivity index is 1.60. The molecule has 2 amide bonds. The number of piperazine rings is 1. The van der Waals surface area contributed by atoms with E-state index in [1.165, 1.54) is 0 Å². The van der Waals surface area contributed by atoms with Gasteiger partial charge in [-0.25, -0.2) is 0 Å². The summed E-state index contributed by atoms with van der Waals surface area (Å²) in [7, 11) is 3.21. The van der Waals surface area contributed by atoms with Crippen LogP contribution in [0.3, 0.4) is 0 Å². The molecule has 0 unspecified atom stereocenters. The number of hydrogen-bond donors (Lipinski definition) is 2. The third-order valence-corrected chi connectivity index (χ3v) is 4.46. The molecular formula is C20H22N2O4. The maximum Gasteiger partial charge on any atom is 0.243 e. The lowest BCUT2D eigenvalue weighted by atomic mass is 9.98. The highest BCUT2D eigenvalue weighted by Crippen LogP contribution is 2.16. The molecule has 1 saturated heterocycles. The first-order valence-corrected chi connectivity index (χ1v) is 8.45. The second-order valence-electron chi connectivity index (χ2n) is 6.23. The van der Waals surface area contributed by atoms with Gasteiger partial charge in [-0.2, -0.15) is 0 Å². The lowest BCUT2D eigenvalue weighted by Gasteiger charge is -2.29. The van der Waals surface area contributed by atoms with Crippen molar-refractivity contribution in [3.05, 3.63) is 59.7 Å². The maximum atomic E-state index is 12.4. The Hall–Kier alpha value is -3.02. The lowest BCUT2D eigenvalue weighted by molar-refractivity contribution is -0.136. The molecule has 1 heterocycles. The Labute approximate surface area is 152 Å². The monoisotopic (exact) mass is 354 g/mol. The fraction of sp³-hybridized carbons (Fsp3) is 0.300. The number of nitrogens with one attached hydrogen (secondary N) is 2. The number of carbonyl (C=O) groups is 2. The maximum absolute atomic E-state index is 12.4. The van der Waals surface area contributed by atoms with E-state index >= 15 is 0 Å². The number of methoxy groups -OCH3 is 2. The molecule has 0 radical (unpaired) electrons. The van der Waals surface area contributed by atoms with Crippen molar-refractivity contribution in [2.24, 2.45) is 0 Å². The molecule has 2 aromatic rings. The number of benzene rings is 2. The van der Waals surface area contributed by atoms with Crippen LogP contribution in [-0.4, -0.2) is 38.1 Å². The molecule has 0 spiro atoms. The third kappa shape index (κ3) is 4.14. The molecule has 0 aromatic heterocycles. The Morgan fingerprint density at radius 2 is 1.04 bits per heavy atom. The summed E-state index contributed by atoms with van der Waals surface area (Å²) in [6.45, 7) is 0. The summed E-state index contributed by atoms with van der Waals surface area (Å²) >= 11 is 0. The van der Waals surface area contributed by atoms with Crippen LogP contribution >= 0.6 is 0 Å². The van der Waals surface area contributed by atoms with Gasteiger partial charge in [-0.15, -0.1) is 0 Å².